The molecule has 250 valence electrons. The van der Waals surface area contributed by atoms with E-state index in [0.717, 1.165) is 39.8 Å². The van der Waals surface area contributed by atoms with E-state index in [0.29, 0.717) is 22.9 Å². The zero-order chi connectivity index (χ0) is 34.2. The fourth-order valence-electron chi connectivity index (χ4n) is 10.6. The van der Waals surface area contributed by atoms with Crippen molar-refractivity contribution in [3.63, 3.8) is 0 Å². The van der Waals surface area contributed by atoms with E-state index in [1.165, 1.54) is 76.6 Å². The van der Waals surface area contributed by atoms with Crippen molar-refractivity contribution < 1.29 is 0 Å². The Labute approximate surface area is 304 Å². The number of aromatic nitrogens is 3. The molecule has 7 aromatic carbocycles. The molecule has 4 fully saturated rings. The Morgan fingerprint density at radius 1 is 0.385 bits per heavy atom. The van der Waals surface area contributed by atoms with E-state index in [9.17, 15) is 0 Å². The first-order valence-electron chi connectivity index (χ1n) is 19.0. The molecule has 0 N–H and O–H groups in total. The second-order valence-corrected chi connectivity index (χ2v) is 15.9. The van der Waals surface area contributed by atoms with Gasteiger partial charge in [-0.1, -0.05) is 127 Å². The summed E-state index contributed by atoms with van der Waals surface area (Å²) in [7, 11) is 0. The zero-order valence-electron chi connectivity index (χ0n) is 29.2. The summed E-state index contributed by atoms with van der Waals surface area (Å²) in [5.74, 6) is 4.84. The van der Waals surface area contributed by atoms with Crippen LogP contribution < -0.4 is 0 Å². The summed E-state index contributed by atoms with van der Waals surface area (Å²) in [4.78, 5) is 15.6. The van der Waals surface area contributed by atoms with E-state index in [1.807, 2.05) is 0 Å². The van der Waals surface area contributed by atoms with Crippen molar-refractivity contribution in [2.24, 2.45) is 17.8 Å². The van der Waals surface area contributed by atoms with Crippen molar-refractivity contribution >= 4 is 32.3 Å². The molecule has 4 aliphatic carbocycles. The zero-order valence-corrected chi connectivity index (χ0v) is 29.2. The number of hydrogen-bond donors (Lipinski definition) is 0. The summed E-state index contributed by atoms with van der Waals surface area (Å²) in [5, 5.41) is 7.08. The van der Waals surface area contributed by atoms with Crippen molar-refractivity contribution in [3.8, 4) is 45.3 Å². The lowest BCUT2D eigenvalue weighted by Gasteiger charge is -2.57. The van der Waals surface area contributed by atoms with Crippen LogP contribution in [0.3, 0.4) is 0 Å². The molecule has 0 spiro atoms. The standard InChI is InChI=1S/C49H39N3/c1-2-10-37-25-39(17-16-34(37)8-1)46-50-47(52-48(51-46)44-15-7-12-35-9-3-5-13-42(35)44)40-26-38-11-4-6-14-43(38)45(27-40)36-18-20-41(21-19-36)49-28-31-22-32(29-49)24-33(23-31)30-49/h1-21,25-27,31-33H,22-24,28-30H2/t31-,32-,33-,49?. The molecule has 3 heteroatoms. The lowest BCUT2D eigenvalue weighted by molar-refractivity contribution is -0.00518. The summed E-state index contributed by atoms with van der Waals surface area (Å²) in [6.45, 7) is 0. The van der Waals surface area contributed by atoms with Gasteiger partial charge in [0.15, 0.2) is 17.5 Å². The van der Waals surface area contributed by atoms with Crippen molar-refractivity contribution in [2.75, 3.05) is 0 Å². The Hall–Kier alpha value is -5.67. The quantitative estimate of drug-likeness (QED) is 0.183. The SMILES string of the molecule is c1ccc2cc(-c3nc(-c4cc(-c5ccc(C67C[C@H]8C[C@H](C6)C[C@@H](C7)C8)cc5)c5ccccc5c4)nc(-c4cccc5ccccc45)n3)ccc2c1. The first kappa shape index (κ1) is 30.0. The molecule has 52 heavy (non-hydrogen) atoms. The Balaban J connectivity index is 1.07. The molecular formula is C49H39N3. The normalized spacial score (nSPS) is 22.0. The third kappa shape index (κ3) is 4.98. The molecule has 4 saturated carbocycles. The molecule has 4 aliphatic rings. The van der Waals surface area contributed by atoms with Crippen LogP contribution in [0.4, 0.5) is 0 Å². The number of hydrogen-bond acceptors (Lipinski definition) is 3. The smallest absolute Gasteiger partial charge is 0.164 e. The average Bonchev–Trinajstić information content (AvgIpc) is 3.19. The molecule has 3 nitrogen and oxygen atoms in total. The van der Waals surface area contributed by atoms with E-state index in [2.05, 4.69) is 146 Å². The van der Waals surface area contributed by atoms with Gasteiger partial charge in [0.05, 0.1) is 0 Å². The van der Waals surface area contributed by atoms with E-state index in [1.54, 1.807) is 5.56 Å². The summed E-state index contributed by atoms with van der Waals surface area (Å²) < 4.78 is 0. The summed E-state index contributed by atoms with van der Waals surface area (Å²) in [6.07, 6.45) is 8.56. The molecule has 0 unspecified atom stereocenters. The molecule has 0 saturated heterocycles. The topological polar surface area (TPSA) is 38.7 Å². The maximum Gasteiger partial charge on any atom is 0.164 e. The van der Waals surface area contributed by atoms with Gasteiger partial charge in [-0.25, -0.2) is 15.0 Å². The molecule has 1 aromatic heterocycles. The van der Waals surface area contributed by atoms with Crippen molar-refractivity contribution in [2.45, 2.75) is 43.9 Å². The summed E-state index contributed by atoms with van der Waals surface area (Å²) in [6, 6.07) is 52.8. The highest BCUT2D eigenvalue weighted by molar-refractivity contribution is 6.00. The number of benzene rings is 7. The molecule has 1 heterocycles. The number of fused-ring (bicyclic) bond motifs is 3. The molecular weight excluding hydrogens is 631 g/mol. The number of rotatable bonds is 5. The highest BCUT2D eigenvalue weighted by Crippen LogP contribution is 2.60. The Kier molecular flexibility index (Phi) is 6.74. The molecule has 0 aliphatic heterocycles. The van der Waals surface area contributed by atoms with Crippen LogP contribution in [0, 0.1) is 17.8 Å². The lowest BCUT2D eigenvalue weighted by Crippen LogP contribution is -2.48. The first-order chi connectivity index (χ1) is 25.6. The van der Waals surface area contributed by atoms with E-state index in [4.69, 9.17) is 15.0 Å². The highest BCUT2D eigenvalue weighted by atomic mass is 15.0. The van der Waals surface area contributed by atoms with Crippen LogP contribution in [-0.4, -0.2) is 15.0 Å². The van der Waals surface area contributed by atoms with E-state index in [-0.39, 0.29) is 0 Å². The van der Waals surface area contributed by atoms with Crippen LogP contribution in [0.2, 0.25) is 0 Å². The van der Waals surface area contributed by atoms with Crippen LogP contribution in [0.25, 0.3) is 77.6 Å². The average molecular weight is 670 g/mol. The fourth-order valence-corrected chi connectivity index (χ4v) is 10.6. The predicted octanol–water partition coefficient (Wildman–Crippen LogP) is 12.5. The van der Waals surface area contributed by atoms with Crippen LogP contribution in [0.5, 0.6) is 0 Å². The Morgan fingerprint density at radius 2 is 0.923 bits per heavy atom. The van der Waals surface area contributed by atoms with Crippen LogP contribution >= 0.6 is 0 Å². The predicted molar refractivity (Wildman–Crippen MR) is 214 cm³/mol. The van der Waals surface area contributed by atoms with Gasteiger partial charge in [-0.2, -0.15) is 0 Å². The highest BCUT2D eigenvalue weighted by Gasteiger charge is 2.51. The van der Waals surface area contributed by atoms with E-state index >= 15 is 0 Å². The van der Waals surface area contributed by atoms with Gasteiger partial charge in [0.2, 0.25) is 0 Å². The minimum atomic E-state index is 0.388. The van der Waals surface area contributed by atoms with Gasteiger partial charge < -0.3 is 0 Å². The summed E-state index contributed by atoms with van der Waals surface area (Å²) >= 11 is 0. The molecule has 0 radical (unpaired) electrons. The van der Waals surface area contributed by atoms with Gasteiger partial charge >= 0.3 is 0 Å². The molecule has 12 rings (SSSR count). The Morgan fingerprint density at radius 3 is 1.65 bits per heavy atom. The molecule has 0 atom stereocenters. The molecule has 0 amide bonds. The second kappa shape index (κ2) is 11.7. The fraction of sp³-hybridized carbons (Fsp3) is 0.204. The third-order valence-corrected chi connectivity index (χ3v) is 12.6. The Bertz CT molecular complexity index is 2630. The molecule has 8 aromatic rings. The largest absolute Gasteiger partial charge is 0.208 e. The van der Waals surface area contributed by atoms with Crippen LogP contribution in [-0.2, 0) is 5.41 Å². The van der Waals surface area contributed by atoms with Crippen molar-refractivity contribution in [1.82, 2.24) is 15.0 Å². The third-order valence-electron chi connectivity index (χ3n) is 12.6. The van der Waals surface area contributed by atoms with Crippen molar-refractivity contribution in [3.05, 3.63) is 151 Å². The maximum atomic E-state index is 5.25. The van der Waals surface area contributed by atoms with Gasteiger partial charge in [-0.15, -0.1) is 0 Å². The number of nitrogens with zero attached hydrogens (tertiary/aromatic N) is 3. The lowest BCUT2D eigenvalue weighted by atomic mass is 9.48. The van der Waals surface area contributed by atoms with Crippen LogP contribution in [0.1, 0.15) is 44.1 Å². The van der Waals surface area contributed by atoms with Gasteiger partial charge in [0, 0.05) is 16.7 Å². The first-order valence-corrected chi connectivity index (χ1v) is 19.0. The minimum absolute atomic E-state index is 0.388. The monoisotopic (exact) mass is 669 g/mol. The van der Waals surface area contributed by atoms with E-state index < -0.39 is 0 Å². The van der Waals surface area contributed by atoms with Gasteiger partial charge in [-0.3, -0.25) is 0 Å². The van der Waals surface area contributed by atoms with Crippen molar-refractivity contribution in [1.29, 1.82) is 0 Å². The van der Waals surface area contributed by atoms with Gasteiger partial charge in [-0.05, 0) is 129 Å². The minimum Gasteiger partial charge on any atom is -0.208 e. The van der Waals surface area contributed by atoms with Gasteiger partial charge in [0.25, 0.3) is 0 Å². The second-order valence-electron chi connectivity index (χ2n) is 15.9. The molecule has 4 bridgehead atoms. The summed E-state index contributed by atoms with van der Waals surface area (Å²) in [5.41, 5.74) is 7.38. The van der Waals surface area contributed by atoms with Crippen LogP contribution in [0.15, 0.2) is 146 Å². The van der Waals surface area contributed by atoms with Gasteiger partial charge in [0.1, 0.15) is 0 Å². The maximum absolute atomic E-state index is 5.25.